The molecule has 0 spiro atoms. The summed E-state index contributed by atoms with van der Waals surface area (Å²) in [5.41, 5.74) is 1.98. The molecule has 0 saturated heterocycles. The Bertz CT molecular complexity index is 727. The highest BCUT2D eigenvalue weighted by molar-refractivity contribution is 5.87. The lowest BCUT2D eigenvalue weighted by Crippen LogP contribution is -2.14. The molecule has 0 saturated carbocycles. The summed E-state index contributed by atoms with van der Waals surface area (Å²) in [5, 5.41) is 27.0. The number of carboxylic acids is 2. The van der Waals surface area contributed by atoms with Gasteiger partial charge in [0.25, 0.3) is 0 Å². The van der Waals surface area contributed by atoms with Crippen LogP contribution in [-0.2, 0) is 11.2 Å². The Kier molecular flexibility index (Phi) is 4.54. The summed E-state index contributed by atoms with van der Waals surface area (Å²) in [6.07, 6.45) is 0.271. The molecule has 0 aliphatic rings. The van der Waals surface area contributed by atoms with E-state index >= 15 is 0 Å². The zero-order chi connectivity index (χ0) is 16.1. The minimum absolute atomic E-state index is 0.117. The van der Waals surface area contributed by atoms with Crippen LogP contribution in [0.3, 0.4) is 0 Å². The van der Waals surface area contributed by atoms with Gasteiger partial charge in [0.1, 0.15) is 0 Å². The third-order valence-corrected chi connectivity index (χ3v) is 3.38. The number of rotatable bonds is 5. The van der Waals surface area contributed by atoms with Crippen LogP contribution in [0.1, 0.15) is 33.0 Å². The molecular weight excluding hydrogens is 282 g/mol. The molecule has 0 radical (unpaired) electrons. The van der Waals surface area contributed by atoms with Gasteiger partial charge in [0, 0.05) is 0 Å². The zero-order valence-electron chi connectivity index (χ0n) is 11.6. The molecule has 0 fully saturated rings. The van der Waals surface area contributed by atoms with E-state index in [2.05, 4.69) is 0 Å². The Balaban J connectivity index is 2.24. The van der Waals surface area contributed by atoms with Crippen LogP contribution >= 0.6 is 0 Å². The van der Waals surface area contributed by atoms with Crippen molar-refractivity contribution in [2.24, 2.45) is 0 Å². The summed E-state index contributed by atoms with van der Waals surface area (Å²) in [6.45, 7) is 0. The number of aliphatic carboxylic acids is 1. The molecule has 2 N–H and O–H groups in total. The third-order valence-electron chi connectivity index (χ3n) is 3.38. The first kappa shape index (κ1) is 15.3. The lowest BCUT2D eigenvalue weighted by molar-refractivity contribution is -0.138. The van der Waals surface area contributed by atoms with Gasteiger partial charge in [0.2, 0.25) is 0 Å². The summed E-state index contributed by atoms with van der Waals surface area (Å²) >= 11 is 0. The summed E-state index contributed by atoms with van der Waals surface area (Å²) in [5.74, 6) is -2.80. The highest BCUT2D eigenvalue weighted by atomic mass is 16.4. The lowest BCUT2D eigenvalue weighted by atomic mass is 9.91. The van der Waals surface area contributed by atoms with Crippen LogP contribution in [0.2, 0.25) is 0 Å². The van der Waals surface area contributed by atoms with E-state index in [4.69, 9.17) is 10.4 Å². The standard InChI is InChI=1S/C17H13NO4/c18-10-12-3-1-11(2-4-12)9-15(17(21)22)13-5-7-14(8-6-13)16(19)20/h1-8,15H,9H2,(H,19,20)(H,21,22). The Morgan fingerprint density at radius 2 is 1.59 bits per heavy atom. The molecule has 2 rings (SSSR count). The normalized spacial score (nSPS) is 11.4. The van der Waals surface area contributed by atoms with Crippen molar-refractivity contribution in [1.82, 2.24) is 0 Å². The van der Waals surface area contributed by atoms with E-state index in [0.717, 1.165) is 5.56 Å². The molecule has 0 aliphatic carbocycles. The van der Waals surface area contributed by atoms with Crippen LogP contribution in [0.4, 0.5) is 0 Å². The topological polar surface area (TPSA) is 98.4 Å². The van der Waals surface area contributed by atoms with E-state index in [0.29, 0.717) is 11.1 Å². The molecule has 0 amide bonds. The largest absolute Gasteiger partial charge is 0.481 e. The molecule has 0 aromatic heterocycles. The smallest absolute Gasteiger partial charge is 0.335 e. The van der Waals surface area contributed by atoms with Gasteiger partial charge in [-0.15, -0.1) is 0 Å². The summed E-state index contributed by atoms with van der Waals surface area (Å²) in [4.78, 5) is 22.3. The molecule has 0 bridgehead atoms. The van der Waals surface area contributed by atoms with E-state index in [-0.39, 0.29) is 12.0 Å². The zero-order valence-corrected chi connectivity index (χ0v) is 11.6. The van der Waals surface area contributed by atoms with Gasteiger partial charge in [-0.25, -0.2) is 4.79 Å². The average Bonchev–Trinajstić information content (AvgIpc) is 2.53. The molecular formula is C17H13NO4. The first-order valence-electron chi connectivity index (χ1n) is 6.56. The SMILES string of the molecule is N#Cc1ccc(CC(C(=O)O)c2ccc(C(=O)O)cc2)cc1. The Morgan fingerprint density at radius 1 is 1.00 bits per heavy atom. The van der Waals surface area contributed by atoms with Gasteiger partial charge >= 0.3 is 11.9 Å². The predicted octanol–water partition coefficient (Wildman–Crippen LogP) is 2.67. The van der Waals surface area contributed by atoms with Crippen LogP contribution in [0.5, 0.6) is 0 Å². The molecule has 110 valence electrons. The molecule has 0 heterocycles. The molecule has 1 unspecified atom stereocenters. The Morgan fingerprint density at radius 3 is 2.05 bits per heavy atom. The molecule has 5 heteroatoms. The Hall–Kier alpha value is -3.13. The van der Waals surface area contributed by atoms with Crippen LogP contribution in [0.15, 0.2) is 48.5 Å². The van der Waals surface area contributed by atoms with Crippen LogP contribution < -0.4 is 0 Å². The molecule has 2 aromatic rings. The van der Waals surface area contributed by atoms with Crippen molar-refractivity contribution < 1.29 is 19.8 Å². The van der Waals surface area contributed by atoms with Crippen molar-refractivity contribution in [3.63, 3.8) is 0 Å². The van der Waals surface area contributed by atoms with Gasteiger partial charge < -0.3 is 10.2 Å². The first-order chi connectivity index (χ1) is 10.5. The van der Waals surface area contributed by atoms with E-state index in [1.807, 2.05) is 6.07 Å². The number of carbonyl (C=O) groups is 2. The molecule has 1 atom stereocenters. The van der Waals surface area contributed by atoms with E-state index in [1.54, 1.807) is 24.3 Å². The van der Waals surface area contributed by atoms with Crippen LogP contribution in [-0.4, -0.2) is 22.2 Å². The van der Waals surface area contributed by atoms with Crippen molar-refractivity contribution in [2.75, 3.05) is 0 Å². The molecule has 5 nitrogen and oxygen atoms in total. The maximum Gasteiger partial charge on any atom is 0.335 e. The van der Waals surface area contributed by atoms with Gasteiger partial charge in [-0.3, -0.25) is 4.79 Å². The van der Waals surface area contributed by atoms with Crippen LogP contribution in [0.25, 0.3) is 0 Å². The summed E-state index contributed by atoms with van der Waals surface area (Å²) in [6, 6.07) is 14.6. The quantitative estimate of drug-likeness (QED) is 0.883. The van der Waals surface area contributed by atoms with Crippen molar-refractivity contribution in [1.29, 1.82) is 5.26 Å². The van der Waals surface area contributed by atoms with Gasteiger partial charge in [0.05, 0.1) is 23.1 Å². The number of nitriles is 1. The van der Waals surface area contributed by atoms with Crippen LogP contribution in [0, 0.1) is 11.3 Å². The number of hydrogen-bond acceptors (Lipinski definition) is 3. The van der Waals surface area contributed by atoms with E-state index in [1.165, 1.54) is 24.3 Å². The van der Waals surface area contributed by atoms with Crippen molar-refractivity contribution >= 4 is 11.9 Å². The highest BCUT2D eigenvalue weighted by Gasteiger charge is 2.20. The minimum atomic E-state index is -1.05. The summed E-state index contributed by atoms with van der Waals surface area (Å²) in [7, 11) is 0. The second kappa shape index (κ2) is 6.55. The van der Waals surface area contributed by atoms with Crippen molar-refractivity contribution in [2.45, 2.75) is 12.3 Å². The number of carboxylic acid groups (broad SMARTS) is 2. The van der Waals surface area contributed by atoms with E-state index < -0.39 is 17.9 Å². The molecule has 2 aromatic carbocycles. The fourth-order valence-corrected chi connectivity index (χ4v) is 2.16. The summed E-state index contributed by atoms with van der Waals surface area (Å²) < 4.78 is 0. The fourth-order valence-electron chi connectivity index (χ4n) is 2.16. The third kappa shape index (κ3) is 3.49. The number of hydrogen-bond donors (Lipinski definition) is 2. The van der Waals surface area contributed by atoms with Crippen molar-refractivity contribution in [3.05, 3.63) is 70.8 Å². The second-order valence-electron chi connectivity index (χ2n) is 4.83. The van der Waals surface area contributed by atoms with Gasteiger partial charge in [0.15, 0.2) is 0 Å². The van der Waals surface area contributed by atoms with E-state index in [9.17, 15) is 14.7 Å². The maximum atomic E-state index is 11.5. The second-order valence-corrected chi connectivity index (χ2v) is 4.83. The first-order valence-corrected chi connectivity index (χ1v) is 6.56. The molecule has 0 aliphatic heterocycles. The van der Waals surface area contributed by atoms with Crippen molar-refractivity contribution in [3.8, 4) is 6.07 Å². The predicted molar refractivity (Wildman–Crippen MR) is 78.6 cm³/mol. The molecule has 22 heavy (non-hydrogen) atoms. The number of nitrogens with zero attached hydrogens (tertiary/aromatic N) is 1. The number of aromatic carboxylic acids is 1. The van der Waals surface area contributed by atoms with Gasteiger partial charge in [-0.05, 0) is 41.8 Å². The fraction of sp³-hybridized carbons (Fsp3) is 0.118. The highest BCUT2D eigenvalue weighted by Crippen LogP contribution is 2.22. The lowest BCUT2D eigenvalue weighted by Gasteiger charge is -2.13. The maximum absolute atomic E-state index is 11.5. The van der Waals surface area contributed by atoms with Gasteiger partial charge in [-0.1, -0.05) is 24.3 Å². The average molecular weight is 295 g/mol. The minimum Gasteiger partial charge on any atom is -0.481 e. The van der Waals surface area contributed by atoms with Gasteiger partial charge in [-0.2, -0.15) is 5.26 Å². The number of benzene rings is 2. The Labute approximate surface area is 127 Å². The monoisotopic (exact) mass is 295 g/mol.